The van der Waals surface area contributed by atoms with E-state index < -0.39 is 0 Å². The molecule has 0 saturated heterocycles. The summed E-state index contributed by atoms with van der Waals surface area (Å²) in [5.41, 5.74) is 6.60. The number of nitrogen functional groups attached to an aromatic ring is 1. The summed E-state index contributed by atoms with van der Waals surface area (Å²) in [7, 11) is 0. The molecule has 3 heteroatoms. The largest absolute Gasteiger partial charge is 0.398 e. The van der Waals surface area contributed by atoms with Gasteiger partial charge in [0.2, 0.25) is 0 Å². The number of hydrogen-bond donors (Lipinski definition) is 1. The number of benzene rings is 1. The summed E-state index contributed by atoms with van der Waals surface area (Å²) < 4.78 is 18.8. The van der Waals surface area contributed by atoms with Gasteiger partial charge in [-0.15, -0.1) is 0 Å². The van der Waals surface area contributed by atoms with E-state index in [0.717, 1.165) is 12.8 Å². The molecule has 0 aliphatic carbocycles. The third-order valence-electron chi connectivity index (χ3n) is 2.59. The highest BCUT2D eigenvalue weighted by Gasteiger charge is 2.07. The predicted molar refractivity (Wildman–Crippen MR) is 64.5 cm³/mol. The highest BCUT2D eigenvalue weighted by atomic mass is 19.1. The topological polar surface area (TPSA) is 35.2 Å². The molecule has 0 radical (unpaired) electrons. The van der Waals surface area contributed by atoms with Gasteiger partial charge in [0, 0.05) is 17.9 Å². The molecule has 1 unspecified atom stereocenters. The minimum atomic E-state index is -0.289. The van der Waals surface area contributed by atoms with E-state index in [9.17, 15) is 4.39 Å². The molecule has 2 N–H and O–H groups in total. The molecular weight excluding hydrogens is 205 g/mol. The van der Waals surface area contributed by atoms with Gasteiger partial charge in [0.05, 0.1) is 6.61 Å². The standard InChI is InChI=1S/C13H20FNO/c1-3-5-10(2)8-16-9-11-12(14)6-4-7-13(11)15/h4,6-7,10H,3,5,8-9,15H2,1-2H3. The first-order valence-corrected chi connectivity index (χ1v) is 5.75. The van der Waals surface area contributed by atoms with Crippen LogP contribution in [-0.4, -0.2) is 6.61 Å². The Balaban J connectivity index is 2.43. The molecule has 0 aliphatic heterocycles. The molecule has 1 aromatic rings. The Morgan fingerprint density at radius 2 is 2.19 bits per heavy atom. The van der Waals surface area contributed by atoms with Gasteiger partial charge in [0.25, 0.3) is 0 Å². The number of rotatable bonds is 6. The van der Waals surface area contributed by atoms with Gasteiger partial charge in [-0.2, -0.15) is 0 Å². The van der Waals surface area contributed by atoms with Crippen LogP contribution < -0.4 is 5.73 Å². The first-order chi connectivity index (χ1) is 7.65. The van der Waals surface area contributed by atoms with Gasteiger partial charge in [-0.25, -0.2) is 4.39 Å². The Morgan fingerprint density at radius 1 is 1.44 bits per heavy atom. The summed E-state index contributed by atoms with van der Waals surface area (Å²) in [5, 5.41) is 0. The van der Waals surface area contributed by atoms with E-state index in [1.807, 2.05) is 0 Å². The van der Waals surface area contributed by atoms with Crippen LogP contribution in [0.5, 0.6) is 0 Å². The average Bonchev–Trinajstić information content (AvgIpc) is 2.23. The fourth-order valence-corrected chi connectivity index (χ4v) is 1.67. The first kappa shape index (κ1) is 13.0. The van der Waals surface area contributed by atoms with Gasteiger partial charge in [-0.05, 0) is 24.5 Å². The number of hydrogen-bond acceptors (Lipinski definition) is 2. The summed E-state index contributed by atoms with van der Waals surface area (Å²) in [6.07, 6.45) is 2.28. The van der Waals surface area contributed by atoms with Crippen molar-refractivity contribution < 1.29 is 9.13 Å². The van der Waals surface area contributed by atoms with Gasteiger partial charge >= 0.3 is 0 Å². The van der Waals surface area contributed by atoms with Crippen molar-refractivity contribution in [2.45, 2.75) is 33.3 Å². The molecule has 2 nitrogen and oxygen atoms in total. The molecule has 0 spiro atoms. The second kappa shape index (κ2) is 6.48. The molecule has 1 rings (SSSR count). The highest BCUT2D eigenvalue weighted by Crippen LogP contribution is 2.17. The maximum absolute atomic E-state index is 13.4. The predicted octanol–water partition coefficient (Wildman–Crippen LogP) is 3.36. The molecule has 0 aliphatic rings. The Bertz CT molecular complexity index is 307. The van der Waals surface area contributed by atoms with Crippen LogP contribution in [0, 0.1) is 11.7 Å². The maximum Gasteiger partial charge on any atom is 0.130 e. The molecule has 0 fully saturated rings. The van der Waals surface area contributed by atoms with Gasteiger partial charge in [0.1, 0.15) is 5.82 Å². The monoisotopic (exact) mass is 225 g/mol. The Hall–Kier alpha value is -1.09. The fraction of sp³-hybridized carbons (Fsp3) is 0.538. The molecule has 0 amide bonds. The Morgan fingerprint density at radius 3 is 2.81 bits per heavy atom. The zero-order valence-corrected chi connectivity index (χ0v) is 10.0. The zero-order valence-electron chi connectivity index (χ0n) is 10.0. The normalized spacial score (nSPS) is 12.7. The maximum atomic E-state index is 13.4. The molecule has 0 bridgehead atoms. The number of nitrogens with two attached hydrogens (primary N) is 1. The summed E-state index contributed by atoms with van der Waals surface area (Å²) in [6.45, 7) is 5.19. The smallest absolute Gasteiger partial charge is 0.130 e. The molecular formula is C13H20FNO. The summed E-state index contributed by atoms with van der Waals surface area (Å²) in [4.78, 5) is 0. The van der Waals surface area contributed by atoms with Crippen molar-refractivity contribution in [1.29, 1.82) is 0 Å². The summed E-state index contributed by atoms with van der Waals surface area (Å²) in [5.74, 6) is 0.223. The molecule has 1 aromatic carbocycles. The molecule has 90 valence electrons. The van der Waals surface area contributed by atoms with Crippen LogP contribution in [0.25, 0.3) is 0 Å². The lowest BCUT2D eigenvalue weighted by Gasteiger charge is -2.12. The third-order valence-corrected chi connectivity index (χ3v) is 2.59. The van der Waals surface area contributed by atoms with Crippen LogP contribution in [0.15, 0.2) is 18.2 Å². The highest BCUT2D eigenvalue weighted by molar-refractivity contribution is 5.46. The van der Waals surface area contributed by atoms with Crippen molar-refractivity contribution >= 4 is 5.69 Å². The van der Waals surface area contributed by atoms with E-state index in [0.29, 0.717) is 23.8 Å². The van der Waals surface area contributed by atoms with Crippen LogP contribution >= 0.6 is 0 Å². The van der Waals surface area contributed by atoms with Gasteiger partial charge in [-0.1, -0.05) is 26.3 Å². The van der Waals surface area contributed by atoms with E-state index in [4.69, 9.17) is 10.5 Å². The van der Waals surface area contributed by atoms with E-state index in [1.165, 1.54) is 6.07 Å². The van der Waals surface area contributed by atoms with Crippen LogP contribution in [0.1, 0.15) is 32.3 Å². The lowest BCUT2D eigenvalue weighted by Crippen LogP contribution is -2.07. The van der Waals surface area contributed by atoms with Crippen molar-refractivity contribution in [3.8, 4) is 0 Å². The molecule has 0 aromatic heterocycles. The van der Waals surface area contributed by atoms with Crippen LogP contribution in [0.4, 0.5) is 10.1 Å². The molecule has 1 atom stereocenters. The quantitative estimate of drug-likeness (QED) is 0.753. The van der Waals surface area contributed by atoms with Crippen LogP contribution in [0.3, 0.4) is 0 Å². The van der Waals surface area contributed by atoms with E-state index >= 15 is 0 Å². The van der Waals surface area contributed by atoms with Crippen LogP contribution in [0.2, 0.25) is 0 Å². The Labute approximate surface area is 96.6 Å². The van der Waals surface area contributed by atoms with Crippen molar-refractivity contribution in [2.24, 2.45) is 5.92 Å². The van der Waals surface area contributed by atoms with Gasteiger partial charge < -0.3 is 10.5 Å². The Kier molecular flexibility index (Phi) is 5.26. The lowest BCUT2D eigenvalue weighted by molar-refractivity contribution is 0.0878. The van der Waals surface area contributed by atoms with Crippen molar-refractivity contribution in [1.82, 2.24) is 0 Å². The average molecular weight is 225 g/mol. The van der Waals surface area contributed by atoms with Gasteiger partial charge in [0.15, 0.2) is 0 Å². The van der Waals surface area contributed by atoms with E-state index in [2.05, 4.69) is 13.8 Å². The van der Waals surface area contributed by atoms with Crippen molar-refractivity contribution in [3.05, 3.63) is 29.6 Å². The lowest BCUT2D eigenvalue weighted by atomic mass is 10.1. The zero-order chi connectivity index (χ0) is 12.0. The van der Waals surface area contributed by atoms with Crippen LogP contribution in [-0.2, 0) is 11.3 Å². The van der Waals surface area contributed by atoms with Crippen molar-refractivity contribution in [2.75, 3.05) is 12.3 Å². The van der Waals surface area contributed by atoms with Crippen molar-refractivity contribution in [3.63, 3.8) is 0 Å². The minimum absolute atomic E-state index is 0.257. The SMILES string of the molecule is CCCC(C)COCc1c(N)cccc1F. The van der Waals surface area contributed by atoms with E-state index in [1.54, 1.807) is 12.1 Å². The molecule has 0 saturated carbocycles. The van der Waals surface area contributed by atoms with Gasteiger partial charge in [-0.3, -0.25) is 0 Å². The van der Waals surface area contributed by atoms with E-state index in [-0.39, 0.29) is 12.4 Å². The molecule has 0 heterocycles. The summed E-state index contributed by atoms with van der Waals surface area (Å²) >= 11 is 0. The number of anilines is 1. The summed E-state index contributed by atoms with van der Waals surface area (Å²) in [6, 6.07) is 4.70. The number of halogens is 1. The second-order valence-corrected chi connectivity index (χ2v) is 4.22. The molecule has 16 heavy (non-hydrogen) atoms. The fourth-order valence-electron chi connectivity index (χ4n) is 1.67. The first-order valence-electron chi connectivity index (χ1n) is 5.75. The minimum Gasteiger partial charge on any atom is -0.398 e. The third kappa shape index (κ3) is 3.81. The number of ether oxygens (including phenoxy) is 1. The second-order valence-electron chi connectivity index (χ2n) is 4.22.